The van der Waals surface area contributed by atoms with Gasteiger partial charge in [0.1, 0.15) is 5.75 Å². The Morgan fingerprint density at radius 1 is 0.792 bits per heavy atom. The number of rotatable bonds is 4. The molecule has 0 spiro atoms. The standard InChI is InChI=1S/C21H18O3/c1-14-3-5-15(6-4-14)17-11-18(13-19(12-17)21(22)23)16-7-9-20(24-2)10-8-16/h3-13H,1-2H3,(H,22,23). The van der Waals surface area contributed by atoms with Crippen LogP contribution in [0.2, 0.25) is 0 Å². The number of carboxylic acid groups (broad SMARTS) is 1. The van der Waals surface area contributed by atoms with Crippen LogP contribution in [0.1, 0.15) is 15.9 Å². The summed E-state index contributed by atoms with van der Waals surface area (Å²) in [6.45, 7) is 2.03. The van der Waals surface area contributed by atoms with E-state index in [0.717, 1.165) is 28.0 Å². The molecule has 3 nitrogen and oxygen atoms in total. The van der Waals surface area contributed by atoms with Gasteiger partial charge in [-0.1, -0.05) is 42.0 Å². The molecule has 0 aromatic heterocycles. The fourth-order valence-electron chi connectivity index (χ4n) is 2.61. The zero-order valence-electron chi connectivity index (χ0n) is 13.6. The fraction of sp³-hybridized carbons (Fsp3) is 0.0952. The van der Waals surface area contributed by atoms with Crippen molar-refractivity contribution in [1.82, 2.24) is 0 Å². The van der Waals surface area contributed by atoms with Gasteiger partial charge in [-0.3, -0.25) is 0 Å². The molecular formula is C21H18O3. The molecule has 3 rings (SSSR count). The van der Waals surface area contributed by atoms with Crippen molar-refractivity contribution in [3.63, 3.8) is 0 Å². The number of benzene rings is 3. The molecule has 0 saturated heterocycles. The van der Waals surface area contributed by atoms with Gasteiger partial charge in [0, 0.05) is 0 Å². The van der Waals surface area contributed by atoms with Crippen molar-refractivity contribution < 1.29 is 14.6 Å². The van der Waals surface area contributed by atoms with Crippen molar-refractivity contribution in [2.24, 2.45) is 0 Å². The maximum absolute atomic E-state index is 11.5. The zero-order chi connectivity index (χ0) is 17.1. The Morgan fingerprint density at radius 3 is 1.75 bits per heavy atom. The lowest BCUT2D eigenvalue weighted by atomic mass is 9.95. The summed E-state index contributed by atoms with van der Waals surface area (Å²) in [4.78, 5) is 11.5. The number of aryl methyl sites for hydroxylation is 1. The lowest BCUT2D eigenvalue weighted by molar-refractivity contribution is 0.0697. The summed E-state index contributed by atoms with van der Waals surface area (Å²) in [5.41, 5.74) is 5.15. The number of carbonyl (C=O) groups is 1. The molecule has 0 fully saturated rings. The van der Waals surface area contributed by atoms with Crippen molar-refractivity contribution in [1.29, 1.82) is 0 Å². The van der Waals surface area contributed by atoms with Crippen molar-refractivity contribution >= 4 is 5.97 Å². The van der Waals surface area contributed by atoms with Gasteiger partial charge in [-0.25, -0.2) is 4.79 Å². The van der Waals surface area contributed by atoms with Gasteiger partial charge in [0.25, 0.3) is 0 Å². The van der Waals surface area contributed by atoms with E-state index in [2.05, 4.69) is 0 Å². The summed E-state index contributed by atoms with van der Waals surface area (Å²) >= 11 is 0. The SMILES string of the molecule is COc1ccc(-c2cc(C(=O)O)cc(-c3ccc(C)cc3)c2)cc1. The van der Waals surface area contributed by atoms with Crippen LogP contribution >= 0.6 is 0 Å². The summed E-state index contributed by atoms with van der Waals surface area (Å²) < 4.78 is 5.18. The average Bonchev–Trinajstić information content (AvgIpc) is 2.62. The fourth-order valence-corrected chi connectivity index (χ4v) is 2.61. The van der Waals surface area contributed by atoms with Crippen LogP contribution in [0, 0.1) is 6.92 Å². The highest BCUT2D eigenvalue weighted by molar-refractivity contribution is 5.92. The minimum Gasteiger partial charge on any atom is -0.497 e. The highest BCUT2D eigenvalue weighted by Crippen LogP contribution is 2.29. The Labute approximate surface area is 141 Å². The first-order chi connectivity index (χ1) is 11.6. The molecule has 0 aliphatic rings. The number of ether oxygens (including phenoxy) is 1. The lowest BCUT2D eigenvalue weighted by Crippen LogP contribution is -1.97. The second kappa shape index (κ2) is 6.59. The summed E-state index contributed by atoms with van der Waals surface area (Å²) in [6, 6.07) is 21.1. The second-order valence-electron chi connectivity index (χ2n) is 5.70. The van der Waals surface area contributed by atoms with Crippen LogP contribution in [0.15, 0.2) is 66.7 Å². The highest BCUT2D eigenvalue weighted by atomic mass is 16.5. The largest absolute Gasteiger partial charge is 0.497 e. The van der Waals surface area contributed by atoms with Crippen LogP contribution < -0.4 is 4.74 Å². The molecule has 3 aromatic rings. The topological polar surface area (TPSA) is 46.5 Å². The Morgan fingerprint density at radius 2 is 1.29 bits per heavy atom. The number of carboxylic acids is 1. The average molecular weight is 318 g/mol. The Hall–Kier alpha value is -3.07. The van der Waals surface area contributed by atoms with E-state index in [1.54, 1.807) is 19.2 Å². The van der Waals surface area contributed by atoms with Crippen molar-refractivity contribution in [2.45, 2.75) is 6.92 Å². The molecule has 1 N–H and O–H groups in total. The van der Waals surface area contributed by atoms with Gasteiger partial charge in [-0.05, 0) is 59.5 Å². The van der Waals surface area contributed by atoms with E-state index in [-0.39, 0.29) is 5.56 Å². The molecule has 0 amide bonds. The van der Waals surface area contributed by atoms with E-state index in [9.17, 15) is 9.90 Å². The van der Waals surface area contributed by atoms with Crippen LogP contribution in [0.5, 0.6) is 5.75 Å². The number of hydrogen-bond acceptors (Lipinski definition) is 2. The molecule has 0 heterocycles. The molecule has 0 radical (unpaired) electrons. The monoisotopic (exact) mass is 318 g/mol. The zero-order valence-corrected chi connectivity index (χ0v) is 13.6. The predicted molar refractivity (Wildman–Crippen MR) is 95.6 cm³/mol. The van der Waals surface area contributed by atoms with E-state index in [1.807, 2.05) is 61.5 Å². The van der Waals surface area contributed by atoms with Crippen molar-refractivity contribution in [3.05, 3.63) is 77.9 Å². The van der Waals surface area contributed by atoms with Gasteiger partial charge >= 0.3 is 5.97 Å². The van der Waals surface area contributed by atoms with Crippen LogP contribution in [-0.2, 0) is 0 Å². The number of methoxy groups -OCH3 is 1. The smallest absolute Gasteiger partial charge is 0.335 e. The normalized spacial score (nSPS) is 10.4. The third kappa shape index (κ3) is 3.30. The first-order valence-electron chi connectivity index (χ1n) is 7.66. The lowest BCUT2D eigenvalue weighted by Gasteiger charge is -2.10. The molecule has 3 aromatic carbocycles. The predicted octanol–water partition coefficient (Wildman–Crippen LogP) is 5.04. The van der Waals surface area contributed by atoms with Gasteiger partial charge in [0.2, 0.25) is 0 Å². The quantitative estimate of drug-likeness (QED) is 0.733. The van der Waals surface area contributed by atoms with E-state index < -0.39 is 5.97 Å². The second-order valence-corrected chi connectivity index (χ2v) is 5.70. The first kappa shape index (κ1) is 15.8. The molecule has 0 aliphatic heterocycles. The van der Waals surface area contributed by atoms with Gasteiger partial charge in [-0.2, -0.15) is 0 Å². The third-order valence-corrected chi connectivity index (χ3v) is 3.99. The maximum Gasteiger partial charge on any atom is 0.335 e. The Bertz CT molecular complexity index is 863. The molecule has 3 heteroatoms. The molecule has 0 aliphatic carbocycles. The van der Waals surface area contributed by atoms with Gasteiger partial charge < -0.3 is 9.84 Å². The van der Waals surface area contributed by atoms with E-state index in [0.29, 0.717) is 0 Å². The van der Waals surface area contributed by atoms with Gasteiger partial charge in [0.15, 0.2) is 0 Å². The van der Waals surface area contributed by atoms with E-state index >= 15 is 0 Å². The minimum absolute atomic E-state index is 0.277. The summed E-state index contributed by atoms with van der Waals surface area (Å²) in [7, 11) is 1.62. The summed E-state index contributed by atoms with van der Waals surface area (Å²) in [5, 5.41) is 9.43. The van der Waals surface area contributed by atoms with E-state index in [4.69, 9.17) is 4.74 Å². The van der Waals surface area contributed by atoms with Crippen molar-refractivity contribution in [2.75, 3.05) is 7.11 Å². The first-order valence-corrected chi connectivity index (χ1v) is 7.66. The molecule has 24 heavy (non-hydrogen) atoms. The number of hydrogen-bond donors (Lipinski definition) is 1. The third-order valence-electron chi connectivity index (χ3n) is 3.99. The molecular weight excluding hydrogens is 300 g/mol. The molecule has 0 atom stereocenters. The highest BCUT2D eigenvalue weighted by Gasteiger charge is 2.10. The molecule has 0 unspecified atom stereocenters. The van der Waals surface area contributed by atoms with Gasteiger partial charge in [-0.15, -0.1) is 0 Å². The van der Waals surface area contributed by atoms with Crippen LogP contribution in [0.3, 0.4) is 0 Å². The Kier molecular flexibility index (Phi) is 4.34. The molecule has 0 saturated carbocycles. The number of aromatic carboxylic acids is 1. The summed E-state index contributed by atoms with van der Waals surface area (Å²) in [6.07, 6.45) is 0. The van der Waals surface area contributed by atoms with Crippen molar-refractivity contribution in [3.8, 4) is 28.0 Å². The van der Waals surface area contributed by atoms with Crippen LogP contribution in [0.4, 0.5) is 0 Å². The Balaban J connectivity index is 2.11. The molecule has 120 valence electrons. The van der Waals surface area contributed by atoms with Gasteiger partial charge in [0.05, 0.1) is 12.7 Å². The minimum atomic E-state index is -0.932. The van der Waals surface area contributed by atoms with Crippen LogP contribution in [0.25, 0.3) is 22.3 Å². The molecule has 0 bridgehead atoms. The van der Waals surface area contributed by atoms with E-state index in [1.165, 1.54) is 5.56 Å². The maximum atomic E-state index is 11.5. The van der Waals surface area contributed by atoms with Crippen LogP contribution in [-0.4, -0.2) is 18.2 Å². The summed E-state index contributed by atoms with van der Waals surface area (Å²) in [5.74, 6) is -0.161.